The van der Waals surface area contributed by atoms with E-state index < -0.39 is 0 Å². The highest BCUT2D eigenvalue weighted by Gasteiger charge is 2.13. The van der Waals surface area contributed by atoms with Crippen molar-refractivity contribution in [3.63, 3.8) is 0 Å². The zero-order chi connectivity index (χ0) is 16.3. The van der Waals surface area contributed by atoms with Crippen LogP contribution < -0.4 is 4.74 Å². The second kappa shape index (κ2) is 9.64. The lowest BCUT2D eigenvalue weighted by Crippen LogP contribution is -2.23. The van der Waals surface area contributed by atoms with Crippen LogP contribution >= 0.6 is 0 Å². The van der Waals surface area contributed by atoms with Crippen LogP contribution in [0.1, 0.15) is 18.4 Å². The van der Waals surface area contributed by atoms with Crippen molar-refractivity contribution in [2.45, 2.75) is 25.6 Å². The maximum atomic E-state index is 11.3. The molecule has 4 heteroatoms. The molecule has 0 aliphatic carbocycles. The van der Waals surface area contributed by atoms with Gasteiger partial charge in [-0.2, -0.15) is 0 Å². The minimum Gasteiger partial charge on any atom is -0.491 e. The Morgan fingerprint density at radius 1 is 1.00 bits per heavy atom. The summed E-state index contributed by atoms with van der Waals surface area (Å²) >= 11 is 0. The first-order valence-corrected chi connectivity index (χ1v) is 7.68. The van der Waals surface area contributed by atoms with Gasteiger partial charge in [0.25, 0.3) is 0 Å². The first kappa shape index (κ1) is 17.0. The van der Waals surface area contributed by atoms with E-state index in [1.165, 1.54) is 7.11 Å². The van der Waals surface area contributed by atoms with E-state index in [1.54, 1.807) is 0 Å². The molecular weight excluding hydrogens is 292 g/mol. The molecule has 0 heterocycles. The average Bonchev–Trinajstić information content (AvgIpc) is 2.62. The third-order valence-electron chi connectivity index (χ3n) is 3.41. The van der Waals surface area contributed by atoms with Crippen molar-refractivity contribution in [1.29, 1.82) is 0 Å². The number of rotatable bonds is 9. The van der Waals surface area contributed by atoms with E-state index in [2.05, 4.69) is 0 Å². The highest BCUT2D eigenvalue weighted by Crippen LogP contribution is 2.13. The van der Waals surface area contributed by atoms with Gasteiger partial charge in [0.1, 0.15) is 12.4 Å². The third-order valence-corrected chi connectivity index (χ3v) is 3.41. The smallest absolute Gasteiger partial charge is 0.305 e. The first-order chi connectivity index (χ1) is 11.3. The predicted octanol–water partition coefficient (Wildman–Crippen LogP) is 3.60. The first-order valence-electron chi connectivity index (χ1n) is 7.68. The standard InChI is InChI=1S/C19H22O4/c1-21-19(20)13-12-18(15-23-17-10-6-3-7-11-17)22-14-16-8-4-2-5-9-16/h2-11,18H,12-15H2,1H3. The number of ether oxygens (including phenoxy) is 3. The van der Waals surface area contributed by atoms with Gasteiger partial charge >= 0.3 is 5.97 Å². The van der Waals surface area contributed by atoms with Crippen LogP contribution in [0.25, 0.3) is 0 Å². The normalized spacial score (nSPS) is 11.7. The SMILES string of the molecule is COC(=O)CCC(COc1ccccc1)OCc1ccccc1. The Hall–Kier alpha value is -2.33. The van der Waals surface area contributed by atoms with Crippen LogP contribution in [0.2, 0.25) is 0 Å². The summed E-state index contributed by atoms with van der Waals surface area (Å²) in [5, 5.41) is 0. The van der Waals surface area contributed by atoms with Gasteiger partial charge < -0.3 is 14.2 Å². The van der Waals surface area contributed by atoms with Gasteiger partial charge in [-0.3, -0.25) is 4.79 Å². The molecule has 2 rings (SSSR count). The van der Waals surface area contributed by atoms with E-state index >= 15 is 0 Å². The van der Waals surface area contributed by atoms with Crippen molar-refractivity contribution in [2.75, 3.05) is 13.7 Å². The summed E-state index contributed by atoms with van der Waals surface area (Å²) < 4.78 is 16.3. The van der Waals surface area contributed by atoms with E-state index in [0.717, 1.165) is 11.3 Å². The Kier molecular flexibility index (Phi) is 7.14. The number of esters is 1. The van der Waals surface area contributed by atoms with Gasteiger partial charge in [-0.25, -0.2) is 0 Å². The zero-order valence-corrected chi connectivity index (χ0v) is 13.3. The number of hydrogen-bond donors (Lipinski definition) is 0. The lowest BCUT2D eigenvalue weighted by atomic mass is 10.2. The van der Waals surface area contributed by atoms with Crippen molar-refractivity contribution in [1.82, 2.24) is 0 Å². The van der Waals surface area contributed by atoms with Crippen LogP contribution in [0.4, 0.5) is 0 Å². The number of benzene rings is 2. The Balaban J connectivity index is 1.86. The molecule has 0 aliphatic rings. The van der Waals surface area contributed by atoms with E-state index in [4.69, 9.17) is 14.2 Å². The van der Waals surface area contributed by atoms with E-state index in [1.807, 2.05) is 60.7 Å². The maximum Gasteiger partial charge on any atom is 0.305 e. The minimum atomic E-state index is -0.238. The molecule has 23 heavy (non-hydrogen) atoms. The molecule has 0 fully saturated rings. The molecule has 0 aromatic heterocycles. The van der Waals surface area contributed by atoms with Crippen molar-refractivity contribution in [3.8, 4) is 5.75 Å². The summed E-state index contributed by atoms with van der Waals surface area (Å²) in [6.07, 6.45) is 0.704. The monoisotopic (exact) mass is 314 g/mol. The van der Waals surface area contributed by atoms with E-state index in [0.29, 0.717) is 26.1 Å². The fourth-order valence-corrected chi connectivity index (χ4v) is 2.09. The molecule has 2 aromatic carbocycles. The van der Waals surface area contributed by atoms with Crippen LogP contribution in [-0.2, 0) is 20.9 Å². The third kappa shape index (κ3) is 6.53. The van der Waals surface area contributed by atoms with Crippen molar-refractivity contribution in [3.05, 3.63) is 66.2 Å². The van der Waals surface area contributed by atoms with Crippen molar-refractivity contribution in [2.24, 2.45) is 0 Å². The molecule has 0 saturated carbocycles. The molecule has 0 spiro atoms. The van der Waals surface area contributed by atoms with Gasteiger partial charge in [0.05, 0.1) is 19.8 Å². The summed E-state index contributed by atoms with van der Waals surface area (Å²) in [6, 6.07) is 19.5. The number of carbonyl (C=O) groups excluding carboxylic acids is 1. The Morgan fingerprint density at radius 3 is 2.30 bits per heavy atom. The van der Waals surface area contributed by atoms with Gasteiger partial charge in [0, 0.05) is 6.42 Å². The topological polar surface area (TPSA) is 44.8 Å². The second-order valence-corrected chi connectivity index (χ2v) is 5.16. The summed E-state index contributed by atoms with van der Waals surface area (Å²) in [7, 11) is 1.39. The highest BCUT2D eigenvalue weighted by molar-refractivity contribution is 5.69. The van der Waals surface area contributed by atoms with Crippen LogP contribution in [0, 0.1) is 0 Å². The van der Waals surface area contributed by atoms with Gasteiger partial charge in [-0.15, -0.1) is 0 Å². The summed E-state index contributed by atoms with van der Waals surface area (Å²) in [5.74, 6) is 0.553. The molecule has 0 radical (unpaired) electrons. The minimum absolute atomic E-state index is 0.172. The van der Waals surface area contributed by atoms with Crippen molar-refractivity contribution >= 4 is 5.97 Å². The second-order valence-electron chi connectivity index (χ2n) is 5.16. The molecule has 0 aliphatic heterocycles. The number of carbonyl (C=O) groups is 1. The number of hydrogen-bond acceptors (Lipinski definition) is 4. The lowest BCUT2D eigenvalue weighted by molar-refractivity contribution is -0.141. The van der Waals surface area contributed by atoms with Gasteiger partial charge in [-0.05, 0) is 24.1 Å². The fraction of sp³-hybridized carbons (Fsp3) is 0.316. The lowest BCUT2D eigenvalue weighted by Gasteiger charge is -2.18. The molecular formula is C19H22O4. The molecule has 1 atom stereocenters. The van der Waals surface area contributed by atoms with E-state index in [9.17, 15) is 4.79 Å². The largest absolute Gasteiger partial charge is 0.491 e. The highest BCUT2D eigenvalue weighted by atomic mass is 16.5. The quantitative estimate of drug-likeness (QED) is 0.663. The van der Waals surface area contributed by atoms with Crippen LogP contribution in [0.3, 0.4) is 0 Å². The van der Waals surface area contributed by atoms with Gasteiger partial charge in [0.15, 0.2) is 0 Å². The number of methoxy groups -OCH3 is 1. The molecule has 2 aromatic rings. The fourth-order valence-electron chi connectivity index (χ4n) is 2.09. The molecule has 0 N–H and O–H groups in total. The molecule has 1 unspecified atom stereocenters. The average molecular weight is 314 g/mol. The zero-order valence-electron chi connectivity index (χ0n) is 13.3. The van der Waals surface area contributed by atoms with E-state index in [-0.39, 0.29) is 12.1 Å². The molecule has 4 nitrogen and oxygen atoms in total. The number of para-hydroxylation sites is 1. The Labute approximate surface area is 137 Å². The maximum absolute atomic E-state index is 11.3. The van der Waals surface area contributed by atoms with Crippen LogP contribution in [0.5, 0.6) is 5.75 Å². The van der Waals surface area contributed by atoms with Gasteiger partial charge in [0.2, 0.25) is 0 Å². The van der Waals surface area contributed by atoms with Gasteiger partial charge in [-0.1, -0.05) is 48.5 Å². The predicted molar refractivity (Wildman–Crippen MR) is 88.2 cm³/mol. The Bertz CT molecular complexity index is 525. The molecule has 0 amide bonds. The molecule has 122 valence electrons. The van der Waals surface area contributed by atoms with Crippen molar-refractivity contribution < 1.29 is 19.0 Å². The van der Waals surface area contributed by atoms with Crippen LogP contribution in [-0.4, -0.2) is 25.8 Å². The van der Waals surface area contributed by atoms with Crippen LogP contribution in [0.15, 0.2) is 60.7 Å². The summed E-state index contributed by atoms with van der Waals surface area (Å²) in [6.45, 7) is 0.888. The summed E-state index contributed by atoms with van der Waals surface area (Å²) in [5.41, 5.74) is 1.09. The summed E-state index contributed by atoms with van der Waals surface area (Å²) in [4.78, 5) is 11.3. The molecule has 0 bridgehead atoms. The molecule has 0 saturated heterocycles. The Morgan fingerprint density at radius 2 is 1.65 bits per heavy atom.